The number of nitrogens with one attached hydrogen (secondary N) is 2. The van der Waals surface area contributed by atoms with E-state index in [-0.39, 0.29) is 0 Å². The third-order valence-electron chi connectivity index (χ3n) is 9.71. The zero-order valence-electron chi connectivity index (χ0n) is 22.6. The van der Waals surface area contributed by atoms with Crippen molar-refractivity contribution >= 4 is 21.5 Å². The fourth-order valence-corrected chi connectivity index (χ4v) is 7.69. The highest BCUT2D eigenvalue weighted by Crippen LogP contribution is 2.58. The van der Waals surface area contributed by atoms with E-state index in [9.17, 15) is 0 Å². The molecule has 4 heterocycles. The van der Waals surface area contributed by atoms with Crippen LogP contribution in [0.4, 0.5) is 0 Å². The van der Waals surface area contributed by atoms with Crippen molar-refractivity contribution in [2.45, 2.75) is 37.5 Å². The number of hydrogen-bond acceptors (Lipinski definition) is 4. The summed E-state index contributed by atoms with van der Waals surface area (Å²) in [6, 6.07) is 27.0. The normalized spacial score (nSPS) is 18.2. The summed E-state index contributed by atoms with van der Waals surface area (Å²) in [7, 11) is 0. The van der Waals surface area contributed by atoms with Crippen LogP contribution in [0.25, 0.3) is 43.8 Å². The zero-order chi connectivity index (χ0) is 26.2. The minimum atomic E-state index is 0.586. The van der Waals surface area contributed by atoms with Gasteiger partial charge in [0.2, 0.25) is 0 Å². The Morgan fingerprint density at radius 2 is 0.950 bits per heavy atom. The van der Waals surface area contributed by atoms with Gasteiger partial charge < -0.3 is 20.1 Å². The van der Waals surface area contributed by atoms with E-state index in [1.807, 2.05) is 0 Å². The molecule has 2 saturated heterocycles. The van der Waals surface area contributed by atoms with Gasteiger partial charge in [0.15, 0.2) is 0 Å². The van der Waals surface area contributed by atoms with Crippen LogP contribution in [0.1, 0.15) is 48.6 Å². The highest BCUT2D eigenvalue weighted by molar-refractivity contribution is 6.26. The molecule has 4 aliphatic heterocycles. The van der Waals surface area contributed by atoms with Gasteiger partial charge in [0.25, 0.3) is 0 Å². The Bertz CT molecular complexity index is 1700. The summed E-state index contributed by atoms with van der Waals surface area (Å²) >= 11 is 0. The van der Waals surface area contributed by atoms with Crippen molar-refractivity contribution in [1.29, 1.82) is 0 Å². The highest BCUT2D eigenvalue weighted by Gasteiger charge is 2.32. The molecule has 4 nitrogen and oxygen atoms in total. The van der Waals surface area contributed by atoms with Crippen molar-refractivity contribution in [3.05, 3.63) is 83.9 Å². The van der Waals surface area contributed by atoms with Crippen LogP contribution >= 0.6 is 0 Å². The van der Waals surface area contributed by atoms with Gasteiger partial charge in [-0.2, -0.15) is 0 Å². The van der Waals surface area contributed by atoms with E-state index < -0.39 is 0 Å². The van der Waals surface area contributed by atoms with Gasteiger partial charge in [0, 0.05) is 33.0 Å². The predicted octanol–water partition coefficient (Wildman–Crippen LogP) is 8.47. The van der Waals surface area contributed by atoms with Gasteiger partial charge in [0.05, 0.1) is 0 Å². The van der Waals surface area contributed by atoms with Gasteiger partial charge >= 0.3 is 0 Å². The van der Waals surface area contributed by atoms with Crippen LogP contribution in [0.3, 0.4) is 0 Å². The molecule has 0 saturated carbocycles. The second-order valence-electron chi connectivity index (χ2n) is 11.9. The molecule has 198 valence electrons. The van der Waals surface area contributed by atoms with Crippen molar-refractivity contribution in [3.63, 3.8) is 0 Å². The number of hydrogen-bond donors (Lipinski definition) is 2. The Morgan fingerprint density at radius 3 is 1.40 bits per heavy atom. The maximum Gasteiger partial charge on any atom is 0.136 e. The Labute approximate surface area is 234 Å². The first-order chi connectivity index (χ1) is 19.8. The van der Waals surface area contributed by atoms with Crippen LogP contribution in [0, 0.1) is 0 Å². The summed E-state index contributed by atoms with van der Waals surface area (Å²) < 4.78 is 13.4. The average molecular weight is 525 g/mol. The second-order valence-corrected chi connectivity index (χ2v) is 11.9. The largest absolute Gasteiger partial charge is 0.456 e. The first-order valence-corrected chi connectivity index (χ1v) is 14.9. The topological polar surface area (TPSA) is 42.5 Å². The Kier molecular flexibility index (Phi) is 5.05. The molecule has 4 aliphatic rings. The monoisotopic (exact) mass is 524 g/mol. The van der Waals surface area contributed by atoms with Crippen LogP contribution in [-0.4, -0.2) is 26.2 Å². The lowest BCUT2D eigenvalue weighted by molar-refractivity contribution is 0.452. The quantitative estimate of drug-likeness (QED) is 0.223. The van der Waals surface area contributed by atoms with E-state index >= 15 is 0 Å². The molecule has 4 heteroatoms. The lowest BCUT2D eigenvalue weighted by atomic mass is 9.81. The maximum atomic E-state index is 6.72. The number of piperidine rings is 2. The summed E-state index contributed by atoms with van der Waals surface area (Å²) in [5.74, 6) is 4.97. The summed E-state index contributed by atoms with van der Waals surface area (Å²) in [4.78, 5) is 0. The molecule has 0 aromatic heterocycles. The molecule has 9 rings (SSSR count). The van der Waals surface area contributed by atoms with E-state index in [2.05, 4.69) is 83.4 Å². The number of ether oxygens (including phenoxy) is 2. The van der Waals surface area contributed by atoms with Crippen LogP contribution in [-0.2, 0) is 0 Å². The van der Waals surface area contributed by atoms with Crippen LogP contribution in [0.5, 0.6) is 23.0 Å². The van der Waals surface area contributed by atoms with Crippen molar-refractivity contribution in [2.24, 2.45) is 0 Å². The van der Waals surface area contributed by atoms with Crippen LogP contribution in [0.15, 0.2) is 72.8 Å². The summed E-state index contributed by atoms with van der Waals surface area (Å²) in [5, 5.41) is 11.9. The van der Waals surface area contributed by atoms with E-state index in [1.54, 1.807) is 0 Å². The molecule has 2 fully saturated rings. The van der Waals surface area contributed by atoms with E-state index in [4.69, 9.17) is 9.47 Å². The van der Waals surface area contributed by atoms with Crippen molar-refractivity contribution in [3.8, 4) is 45.3 Å². The molecular formula is C36H32N2O2. The number of benzene rings is 5. The van der Waals surface area contributed by atoms with Crippen LogP contribution in [0.2, 0.25) is 0 Å². The predicted molar refractivity (Wildman–Crippen MR) is 162 cm³/mol. The Balaban J connectivity index is 1.27. The van der Waals surface area contributed by atoms with Crippen molar-refractivity contribution in [2.75, 3.05) is 26.2 Å². The molecule has 40 heavy (non-hydrogen) atoms. The van der Waals surface area contributed by atoms with Crippen molar-refractivity contribution < 1.29 is 9.47 Å². The smallest absolute Gasteiger partial charge is 0.136 e. The number of rotatable bonds is 2. The molecular weight excluding hydrogens is 492 g/mol. The molecule has 0 radical (unpaired) electrons. The van der Waals surface area contributed by atoms with E-state index in [0.29, 0.717) is 11.8 Å². The molecule has 0 unspecified atom stereocenters. The molecule has 5 aromatic rings. The molecule has 5 aromatic carbocycles. The first kappa shape index (κ1) is 22.9. The minimum Gasteiger partial charge on any atom is -0.456 e. The van der Waals surface area contributed by atoms with Gasteiger partial charge in [-0.15, -0.1) is 0 Å². The third-order valence-corrected chi connectivity index (χ3v) is 9.71. The average Bonchev–Trinajstić information content (AvgIpc) is 3.03. The van der Waals surface area contributed by atoms with Gasteiger partial charge in [-0.05, 0) is 110 Å². The van der Waals surface area contributed by atoms with Gasteiger partial charge in [-0.3, -0.25) is 0 Å². The number of fused-ring (bicyclic) bond motifs is 7. The lowest BCUT2D eigenvalue weighted by Gasteiger charge is -2.31. The van der Waals surface area contributed by atoms with Crippen LogP contribution < -0.4 is 20.1 Å². The lowest BCUT2D eigenvalue weighted by Crippen LogP contribution is -2.26. The highest BCUT2D eigenvalue weighted by atomic mass is 16.5. The molecule has 0 amide bonds. The Hall–Kier alpha value is -3.86. The zero-order valence-corrected chi connectivity index (χ0v) is 22.6. The fourth-order valence-electron chi connectivity index (χ4n) is 7.69. The van der Waals surface area contributed by atoms with E-state index in [0.717, 1.165) is 49.2 Å². The van der Waals surface area contributed by atoms with E-state index in [1.165, 1.54) is 80.6 Å². The Morgan fingerprint density at radius 1 is 0.500 bits per heavy atom. The summed E-state index contributed by atoms with van der Waals surface area (Å²) in [6.45, 7) is 4.34. The maximum absolute atomic E-state index is 6.72. The third kappa shape index (κ3) is 3.33. The molecule has 0 atom stereocenters. The molecule has 0 aliphatic carbocycles. The minimum absolute atomic E-state index is 0.586. The molecule has 0 spiro atoms. The first-order valence-electron chi connectivity index (χ1n) is 14.9. The van der Waals surface area contributed by atoms with Gasteiger partial charge in [0.1, 0.15) is 23.0 Å². The van der Waals surface area contributed by atoms with Crippen molar-refractivity contribution in [1.82, 2.24) is 10.6 Å². The molecule has 2 N–H and O–H groups in total. The SMILES string of the molecule is c1ccc2c3c4c(ccc5c4c(c2c1)-c1ccc(C2CCNCC2)cc1O5)Oc1cc(C2CCNCC2)ccc1-3. The van der Waals surface area contributed by atoms with Gasteiger partial charge in [-0.25, -0.2) is 0 Å². The fraction of sp³-hybridized carbons (Fsp3) is 0.278. The summed E-state index contributed by atoms with van der Waals surface area (Å²) in [6.07, 6.45) is 4.71. The van der Waals surface area contributed by atoms with Gasteiger partial charge in [-0.1, -0.05) is 48.5 Å². The second kappa shape index (κ2) is 8.82. The summed E-state index contributed by atoms with van der Waals surface area (Å²) in [5.41, 5.74) is 7.67. The standard InChI is InChI=1S/C36H32N2O2/c1-2-4-26-25(3-1)33-27-7-5-23(21-11-15-37-16-12-21)19-31(27)39-29-9-10-30-36(35(29)33)34(26)28-8-6-24(20-32(28)40-30)22-13-17-38-18-14-22/h1-10,19-22,37-38H,11-18H2. The molecule has 0 bridgehead atoms.